The Morgan fingerprint density at radius 1 is 0.350 bits per heavy atom. The predicted molar refractivity (Wildman–Crippen MR) is 562 cm³/mol. The fraction of sp³-hybridized carbons (Fsp3) is 0.404. The van der Waals surface area contributed by atoms with E-state index in [2.05, 4.69) is 263 Å². The van der Waals surface area contributed by atoms with Crippen LogP contribution in [0.1, 0.15) is 265 Å². The molecule has 0 saturated carbocycles. The second kappa shape index (κ2) is 43.8. The maximum Gasteiger partial charge on any atom is 0.524 e. The highest BCUT2D eigenvalue weighted by Gasteiger charge is 2.54. The number of fused-ring (bicyclic) bond motifs is 5. The van der Waals surface area contributed by atoms with Gasteiger partial charge in [-0.05, 0) is 265 Å². The Kier molecular flexibility index (Phi) is 35.9. The molecule has 2 aliphatic rings. The maximum atomic E-state index is 14.3. The van der Waals surface area contributed by atoms with Gasteiger partial charge < -0.3 is 57.4 Å². The fourth-order valence-corrected chi connectivity index (χ4v) is 17.0. The van der Waals surface area contributed by atoms with Crippen molar-refractivity contribution in [1.29, 1.82) is 0 Å². The van der Waals surface area contributed by atoms with Crippen LogP contribution >= 0.6 is 15.4 Å². The van der Waals surface area contributed by atoms with Gasteiger partial charge in [0.05, 0.1) is 36.6 Å². The van der Waals surface area contributed by atoms with Gasteiger partial charge in [-0.15, -0.1) is 0 Å². The number of halogens is 3. The number of benzene rings is 13. The average Bonchev–Trinajstić information content (AvgIpc) is 1.68. The van der Waals surface area contributed by atoms with Gasteiger partial charge in [0.15, 0.2) is 6.35 Å². The molecule has 137 heavy (non-hydrogen) atoms. The molecule has 6 N–H and O–H groups in total. The molecule has 23 heteroatoms. The van der Waals surface area contributed by atoms with Crippen LogP contribution in [0.3, 0.4) is 0 Å². The van der Waals surface area contributed by atoms with Crippen LogP contribution in [0, 0.1) is 17.5 Å². The molecular weight excluding hydrogens is 1770 g/mol. The average molecular weight is 1910 g/mol. The molecule has 0 amide bonds. The Morgan fingerprint density at radius 2 is 0.730 bits per heavy atom. The first-order valence-electron chi connectivity index (χ1n) is 46.5. The van der Waals surface area contributed by atoms with E-state index in [9.17, 15) is 32.5 Å². The summed E-state index contributed by atoms with van der Waals surface area (Å²) in [7, 11) is -6.29. The molecule has 16 nitrogen and oxygen atoms in total. The molecule has 0 aromatic heterocycles. The van der Waals surface area contributed by atoms with E-state index >= 15 is 0 Å². The number of hydrogen-bond donors (Lipinski definition) is 6. The Bertz CT molecular complexity index is 6390. The second-order valence-electron chi connectivity index (χ2n) is 44.6. The van der Waals surface area contributed by atoms with Crippen LogP contribution in [0.4, 0.5) is 13.2 Å². The van der Waals surface area contributed by atoms with Crippen molar-refractivity contribution in [2.24, 2.45) is 0 Å². The minimum Gasteiger partial charge on any atom is -0.508 e. The molecular formula is C114H147B2F3O16P2. The number of methoxy groups -OCH3 is 2. The summed E-state index contributed by atoms with van der Waals surface area (Å²) in [5.41, 5.74) is 7.15. The topological polar surface area (TPSA) is 229 Å². The lowest BCUT2D eigenvalue weighted by atomic mass is 9.69. The summed E-state index contributed by atoms with van der Waals surface area (Å²) in [5, 5.41) is 31.9. The number of hydrogen-bond acceptors (Lipinski definition) is 12. The van der Waals surface area contributed by atoms with Gasteiger partial charge in [-0.2, -0.15) is 0 Å². The number of rotatable bonds is 10. The number of ether oxygens (including phenoxy) is 3. The Hall–Kier alpha value is -9.98. The standard InChI is InChI=1S/C20H27BO2.C16H24BFO2.2C15H18O.2C14H16O.2C10H14FO4P/c1-18(2,3)17-13-15(12-14-10-8-9-11-16(14)17)21-22-19(4,5)20(6,7)23-21;1-14(2,3)13-11(9-8-10-12(13)18)17-19-15(4,5)16(6,7)20-17;1-15(2,3)14-10-12(16-4)9-11-7-5-6-8-13(11)14;1-15(2,3)14-12-8-6-5-7-11(12)9-10-13(14)16-4;1-14(2,3)13-9-11(15)8-10-6-4-5-7-12(10)13;1-14(2,3)12-8-10-6-4-5-7-11(10)9-13(12)15;1-10(2,3)9-7(11)5-4-6-8(9)15-16(12,13)14;1-7(2)10-8(11)4-3-5-9(10)15-6-16(12,13)14/h8-13H,1-7H3;8-10H,1-7H3;2*5-10H,1-4H3;2*4-9,15H,1-3H3;4-6H,1-3H3,(H2,12,13,14);3-5,7H,6H2,1-2H3,(H2,12,13,14). The smallest absolute Gasteiger partial charge is 0.508 e. The third kappa shape index (κ3) is 29.8. The monoisotopic (exact) mass is 1910 g/mol. The van der Waals surface area contributed by atoms with Crippen molar-refractivity contribution >= 4 is 94.4 Å². The van der Waals surface area contributed by atoms with Gasteiger partial charge in [-0.1, -0.05) is 323 Å². The molecule has 2 heterocycles. The van der Waals surface area contributed by atoms with Crippen LogP contribution in [0.25, 0.3) is 53.9 Å². The molecule has 0 radical (unpaired) electrons. The van der Waals surface area contributed by atoms with Crippen LogP contribution in [0.5, 0.6) is 34.5 Å². The highest BCUT2D eigenvalue weighted by Crippen LogP contribution is 2.47. The highest BCUT2D eigenvalue weighted by molar-refractivity contribution is 7.51. The first-order valence-corrected chi connectivity index (χ1v) is 49.9. The minimum atomic E-state index is -4.67. The third-order valence-electron chi connectivity index (χ3n) is 24.5. The van der Waals surface area contributed by atoms with Gasteiger partial charge in [-0.3, -0.25) is 14.4 Å². The van der Waals surface area contributed by atoms with Crippen molar-refractivity contribution in [2.45, 2.75) is 281 Å². The molecule has 2 aliphatic heterocycles. The minimum absolute atomic E-state index is 0.0197. The van der Waals surface area contributed by atoms with Crippen LogP contribution < -0.4 is 29.7 Å². The molecule has 0 aliphatic carbocycles. The van der Waals surface area contributed by atoms with Gasteiger partial charge in [0.2, 0.25) is 0 Å². The first kappa shape index (κ1) is 112. The molecule has 15 rings (SSSR count). The molecule has 0 bridgehead atoms. The quantitative estimate of drug-likeness (QED) is 0.0552. The molecule has 13 aromatic rings. The van der Waals surface area contributed by atoms with Crippen molar-refractivity contribution in [3.05, 3.63) is 299 Å². The lowest BCUT2D eigenvalue weighted by Gasteiger charge is -2.32. The maximum absolute atomic E-state index is 14.3. The molecule has 0 unspecified atom stereocenters. The highest BCUT2D eigenvalue weighted by atomic mass is 31.2. The lowest BCUT2D eigenvalue weighted by molar-refractivity contribution is 0.00578. The molecule has 2 saturated heterocycles. The first-order chi connectivity index (χ1) is 62.9. The molecule has 2 fully saturated rings. The van der Waals surface area contributed by atoms with E-state index in [0.29, 0.717) is 22.6 Å². The Balaban J connectivity index is 0.000000193. The van der Waals surface area contributed by atoms with E-state index in [1.165, 1.54) is 108 Å². The van der Waals surface area contributed by atoms with Crippen molar-refractivity contribution in [3.63, 3.8) is 0 Å². The summed E-state index contributed by atoms with van der Waals surface area (Å²) < 4.78 is 108. The Labute approximate surface area is 813 Å². The zero-order chi connectivity index (χ0) is 103. The zero-order valence-corrected chi connectivity index (χ0v) is 88.5. The van der Waals surface area contributed by atoms with Crippen LogP contribution in [-0.4, -0.2) is 87.0 Å². The SMILES string of the molecule is CC(C)(C)c1c(F)cccc1B1OC(C)(C)C(C)(C)O1.CC(C)(C)c1c(F)cccc1OP(=O)(O)O.CC(C)(C)c1cc(B2OC(C)(C)C(C)(C)O2)cc2ccccc12.CC(C)(C)c1cc(O)cc2ccccc12.CC(C)(C)c1cc2ccccc2cc1O.CC(C)c1c(F)cccc1OCP(=O)(O)O.COc1cc(C(C)(C)C)c2ccccc2c1.COc1ccc2ccccc2c1C(C)(C)C. The summed E-state index contributed by atoms with van der Waals surface area (Å²) in [4.78, 5) is 34.8. The van der Waals surface area contributed by atoms with Crippen molar-refractivity contribution in [2.75, 3.05) is 20.6 Å². The third-order valence-corrected chi connectivity index (χ3v) is 25.4. The van der Waals surface area contributed by atoms with Crippen molar-refractivity contribution in [3.8, 4) is 34.5 Å². The van der Waals surface area contributed by atoms with Crippen molar-refractivity contribution < 1.29 is 89.4 Å². The second-order valence-corrected chi connectivity index (χ2v) is 47.3. The summed E-state index contributed by atoms with van der Waals surface area (Å²) >= 11 is 0. The number of phenols is 2. The van der Waals surface area contributed by atoms with E-state index < -0.39 is 57.1 Å². The summed E-state index contributed by atoms with van der Waals surface area (Å²) in [6, 6.07) is 75.4. The van der Waals surface area contributed by atoms with Gasteiger partial charge in [0, 0.05) is 16.7 Å². The van der Waals surface area contributed by atoms with E-state index in [0.717, 1.165) is 38.8 Å². The van der Waals surface area contributed by atoms with Gasteiger partial charge in [0.1, 0.15) is 51.9 Å². The van der Waals surface area contributed by atoms with E-state index in [-0.39, 0.29) is 79.6 Å². The number of aromatic hydroxyl groups is 2. The molecule has 0 spiro atoms. The lowest BCUT2D eigenvalue weighted by Crippen LogP contribution is -2.41. The normalized spacial score (nSPS) is 14.7. The predicted octanol–water partition coefficient (Wildman–Crippen LogP) is 28.9. The van der Waals surface area contributed by atoms with Gasteiger partial charge >= 0.3 is 29.7 Å². The fourth-order valence-electron chi connectivity index (χ4n) is 16.3. The number of phosphoric acid groups is 1. The van der Waals surface area contributed by atoms with Crippen molar-refractivity contribution in [1.82, 2.24) is 0 Å². The van der Waals surface area contributed by atoms with E-state index in [1.54, 1.807) is 54.9 Å². The van der Waals surface area contributed by atoms with Gasteiger partial charge in [0.25, 0.3) is 0 Å². The number of phenolic OH excluding ortho intramolecular Hbond substituents is 2. The van der Waals surface area contributed by atoms with E-state index in [1.807, 2.05) is 109 Å². The summed E-state index contributed by atoms with van der Waals surface area (Å²) in [6.07, 6.45) is -0.740. The summed E-state index contributed by atoms with van der Waals surface area (Å²) in [6.45, 7) is 64.1. The van der Waals surface area contributed by atoms with Crippen LogP contribution in [-0.2, 0) is 65.7 Å². The van der Waals surface area contributed by atoms with E-state index in [4.69, 9.17) is 52.4 Å². The molecule has 13 aromatic carbocycles. The van der Waals surface area contributed by atoms with Crippen LogP contribution in [0.15, 0.2) is 237 Å². The molecule has 736 valence electrons. The summed E-state index contributed by atoms with van der Waals surface area (Å²) in [5.74, 6) is 1.41. The van der Waals surface area contributed by atoms with Crippen LogP contribution in [0.2, 0.25) is 0 Å². The van der Waals surface area contributed by atoms with Gasteiger partial charge in [-0.25, -0.2) is 17.7 Å². The molecule has 0 atom stereocenters. The zero-order valence-electron chi connectivity index (χ0n) is 86.7. The Morgan fingerprint density at radius 3 is 1.16 bits per heavy atom. The largest absolute Gasteiger partial charge is 0.524 e. The number of phosphoric ester groups is 1.